The Morgan fingerprint density at radius 3 is 2.48 bits per heavy atom. The molecule has 0 aromatic carbocycles. The highest BCUT2D eigenvalue weighted by Gasteiger charge is 2.72. The van der Waals surface area contributed by atoms with Crippen LogP contribution in [0, 0.1) is 11.8 Å². The van der Waals surface area contributed by atoms with Crippen molar-refractivity contribution in [1.29, 1.82) is 0 Å². The van der Waals surface area contributed by atoms with Gasteiger partial charge in [-0.1, -0.05) is 0 Å². The second-order valence-electron chi connectivity index (χ2n) is 8.15. The van der Waals surface area contributed by atoms with Crippen molar-refractivity contribution in [2.75, 3.05) is 14.2 Å². The number of nitrogens with one attached hydrogen (secondary N) is 1. The highest BCUT2D eigenvalue weighted by atomic mass is 16.6. The SMILES string of the molecule is COC(=O)C(NC(=O)OC(C)(C)C)C1CCC2N(C)C23CCC13. The first-order chi connectivity index (χ1) is 10.7. The fourth-order valence-electron chi connectivity index (χ4n) is 4.91. The van der Waals surface area contributed by atoms with Gasteiger partial charge < -0.3 is 14.8 Å². The molecule has 1 saturated heterocycles. The van der Waals surface area contributed by atoms with Crippen molar-refractivity contribution in [2.24, 2.45) is 11.8 Å². The summed E-state index contributed by atoms with van der Waals surface area (Å²) in [5.74, 6) is 0.222. The molecule has 0 radical (unpaired) electrons. The van der Waals surface area contributed by atoms with Crippen LogP contribution in [0.1, 0.15) is 46.5 Å². The summed E-state index contributed by atoms with van der Waals surface area (Å²) in [6.07, 6.45) is 3.80. The van der Waals surface area contributed by atoms with Crippen LogP contribution in [0.25, 0.3) is 0 Å². The monoisotopic (exact) mass is 324 g/mol. The van der Waals surface area contributed by atoms with Crippen LogP contribution in [-0.4, -0.2) is 54.3 Å². The number of carbonyl (C=O) groups excluding carboxylic acids is 2. The van der Waals surface area contributed by atoms with Crippen molar-refractivity contribution in [3.05, 3.63) is 0 Å². The van der Waals surface area contributed by atoms with Crippen LogP contribution in [0.5, 0.6) is 0 Å². The van der Waals surface area contributed by atoms with Gasteiger partial charge in [0.05, 0.1) is 7.11 Å². The molecule has 0 aromatic rings. The van der Waals surface area contributed by atoms with Crippen molar-refractivity contribution in [2.45, 2.75) is 69.7 Å². The highest BCUT2D eigenvalue weighted by Crippen LogP contribution is 2.65. The van der Waals surface area contributed by atoms with Gasteiger partial charge in [0.25, 0.3) is 0 Å². The first kappa shape index (κ1) is 16.6. The Kier molecular flexibility index (Phi) is 3.86. The molecule has 2 aliphatic carbocycles. The summed E-state index contributed by atoms with van der Waals surface area (Å²) in [5, 5.41) is 2.78. The number of amides is 1. The lowest BCUT2D eigenvalue weighted by molar-refractivity contribution is -0.146. The second kappa shape index (κ2) is 5.36. The van der Waals surface area contributed by atoms with Gasteiger partial charge in [0, 0.05) is 11.6 Å². The maximum absolute atomic E-state index is 12.3. The zero-order valence-corrected chi connectivity index (χ0v) is 14.7. The molecule has 6 heteroatoms. The zero-order chi connectivity index (χ0) is 17.0. The topological polar surface area (TPSA) is 67.6 Å². The average molecular weight is 324 g/mol. The van der Waals surface area contributed by atoms with Gasteiger partial charge in [0.15, 0.2) is 0 Å². The fourth-order valence-corrected chi connectivity index (χ4v) is 4.91. The Bertz CT molecular complexity index is 515. The van der Waals surface area contributed by atoms with E-state index in [1.165, 1.54) is 13.5 Å². The van der Waals surface area contributed by atoms with Gasteiger partial charge in [-0.2, -0.15) is 0 Å². The number of esters is 1. The van der Waals surface area contributed by atoms with Crippen LogP contribution in [-0.2, 0) is 14.3 Å². The Morgan fingerprint density at radius 2 is 1.96 bits per heavy atom. The van der Waals surface area contributed by atoms with E-state index < -0.39 is 17.7 Å². The number of rotatable bonds is 3. The van der Waals surface area contributed by atoms with E-state index >= 15 is 0 Å². The van der Waals surface area contributed by atoms with Gasteiger partial charge in [-0.05, 0) is 65.3 Å². The second-order valence-corrected chi connectivity index (χ2v) is 8.15. The molecular formula is C17H28N2O4. The Hall–Kier alpha value is -1.30. The summed E-state index contributed by atoms with van der Waals surface area (Å²) in [6.45, 7) is 5.43. The van der Waals surface area contributed by atoms with Crippen molar-refractivity contribution >= 4 is 12.1 Å². The molecular weight excluding hydrogens is 296 g/mol. The molecule has 1 N–H and O–H groups in total. The highest BCUT2D eigenvalue weighted by molar-refractivity contribution is 5.82. The van der Waals surface area contributed by atoms with E-state index in [-0.39, 0.29) is 17.4 Å². The van der Waals surface area contributed by atoms with Gasteiger partial charge in [0.1, 0.15) is 11.6 Å². The summed E-state index contributed by atoms with van der Waals surface area (Å²) in [4.78, 5) is 26.9. The standard InChI is InChI=1S/C17H28N2O4/c1-16(2,3)23-15(21)18-13(14(20)22-5)10-6-7-12-17(19(12)4)9-8-11(10)17/h10-13H,6-9H2,1-5H3,(H,18,21). The third kappa shape index (κ3) is 2.61. The molecule has 1 heterocycles. The molecule has 0 bridgehead atoms. The van der Waals surface area contributed by atoms with Crippen LogP contribution in [0.4, 0.5) is 4.79 Å². The number of methoxy groups -OCH3 is 1. The molecule has 0 aromatic heterocycles. The number of hydrogen-bond donors (Lipinski definition) is 1. The number of nitrogens with zero attached hydrogens (tertiary/aromatic N) is 1. The Labute approximate surface area is 137 Å². The van der Waals surface area contributed by atoms with E-state index in [4.69, 9.17) is 9.47 Å². The van der Waals surface area contributed by atoms with Crippen molar-refractivity contribution < 1.29 is 19.1 Å². The largest absolute Gasteiger partial charge is 0.467 e. The van der Waals surface area contributed by atoms with E-state index in [1.807, 2.05) is 20.8 Å². The molecule has 6 atom stereocenters. The van der Waals surface area contributed by atoms with Crippen LogP contribution in [0.3, 0.4) is 0 Å². The third-order valence-electron chi connectivity index (χ3n) is 5.98. The molecule has 23 heavy (non-hydrogen) atoms. The summed E-state index contributed by atoms with van der Waals surface area (Å²) in [6, 6.07) is 0.0456. The van der Waals surface area contributed by atoms with Gasteiger partial charge in [-0.25, -0.2) is 9.59 Å². The van der Waals surface area contributed by atoms with Crippen LogP contribution in [0.2, 0.25) is 0 Å². The lowest BCUT2D eigenvalue weighted by Gasteiger charge is -2.47. The Balaban J connectivity index is 1.72. The molecule has 3 fully saturated rings. The first-order valence-electron chi connectivity index (χ1n) is 8.51. The van der Waals surface area contributed by atoms with Crippen LogP contribution >= 0.6 is 0 Å². The maximum atomic E-state index is 12.3. The number of likely N-dealkylation sites (N-methyl/N-ethyl adjacent to an activating group) is 1. The third-order valence-corrected chi connectivity index (χ3v) is 5.98. The van der Waals surface area contributed by atoms with Crippen LogP contribution in [0.15, 0.2) is 0 Å². The van der Waals surface area contributed by atoms with E-state index in [0.29, 0.717) is 12.0 Å². The number of hydrogen-bond acceptors (Lipinski definition) is 5. The molecule has 1 aliphatic heterocycles. The molecule has 1 spiro atoms. The van der Waals surface area contributed by atoms with Gasteiger partial charge in [-0.3, -0.25) is 4.90 Å². The van der Waals surface area contributed by atoms with E-state index in [1.54, 1.807) is 0 Å². The summed E-state index contributed by atoms with van der Waals surface area (Å²) < 4.78 is 10.3. The van der Waals surface area contributed by atoms with Gasteiger partial charge >= 0.3 is 12.1 Å². The molecule has 1 amide bonds. The van der Waals surface area contributed by atoms with Gasteiger partial charge in [-0.15, -0.1) is 0 Å². The first-order valence-corrected chi connectivity index (χ1v) is 8.51. The molecule has 6 nitrogen and oxygen atoms in total. The smallest absolute Gasteiger partial charge is 0.408 e. The number of likely N-dealkylation sites (tertiary alicyclic amines) is 1. The average Bonchev–Trinajstić information content (AvgIpc) is 3.04. The Morgan fingerprint density at radius 1 is 1.26 bits per heavy atom. The molecule has 2 saturated carbocycles. The predicted octanol–water partition coefficient (Wildman–Crippen LogP) is 1.93. The van der Waals surface area contributed by atoms with E-state index in [2.05, 4.69) is 17.3 Å². The minimum atomic E-state index is -0.619. The molecule has 130 valence electrons. The van der Waals surface area contributed by atoms with Crippen molar-refractivity contribution in [1.82, 2.24) is 10.2 Å². The lowest BCUT2D eigenvalue weighted by Crippen LogP contribution is -2.57. The summed E-state index contributed by atoms with van der Waals surface area (Å²) in [7, 11) is 3.55. The van der Waals surface area contributed by atoms with E-state index in [0.717, 1.165) is 19.3 Å². The van der Waals surface area contributed by atoms with Gasteiger partial charge in [0.2, 0.25) is 0 Å². The quantitative estimate of drug-likeness (QED) is 0.634. The zero-order valence-electron chi connectivity index (χ0n) is 14.7. The van der Waals surface area contributed by atoms with Crippen molar-refractivity contribution in [3.63, 3.8) is 0 Å². The summed E-state index contributed by atoms with van der Waals surface area (Å²) >= 11 is 0. The number of ether oxygens (including phenoxy) is 2. The molecule has 3 rings (SSSR count). The normalized spacial score (nSPS) is 39.2. The molecule has 6 unspecified atom stereocenters. The fraction of sp³-hybridized carbons (Fsp3) is 0.882. The number of alkyl carbamates (subject to hydrolysis) is 1. The minimum absolute atomic E-state index is 0.130. The molecule has 3 aliphatic rings. The maximum Gasteiger partial charge on any atom is 0.408 e. The van der Waals surface area contributed by atoms with Crippen molar-refractivity contribution in [3.8, 4) is 0 Å². The minimum Gasteiger partial charge on any atom is -0.467 e. The van der Waals surface area contributed by atoms with Crippen LogP contribution < -0.4 is 5.32 Å². The number of carbonyl (C=O) groups is 2. The lowest BCUT2D eigenvalue weighted by atomic mass is 9.58. The van der Waals surface area contributed by atoms with E-state index in [9.17, 15) is 9.59 Å². The summed E-state index contributed by atoms with van der Waals surface area (Å²) in [5.41, 5.74) is -0.304. The predicted molar refractivity (Wildman–Crippen MR) is 84.9 cm³/mol.